The first kappa shape index (κ1) is 23.2. The van der Waals surface area contributed by atoms with E-state index in [1.807, 2.05) is 25.7 Å². The Balaban J connectivity index is 1.78. The third-order valence-corrected chi connectivity index (χ3v) is 5.22. The average Bonchev–Trinajstić information content (AvgIpc) is 2.72. The van der Waals surface area contributed by atoms with E-state index in [2.05, 4.69) is 5.32 Å². The minimum Gasteiger partial charge on any atom is -0.380 e. The minimum absolute atomic E-state index is 0.154. The highest BCUT2D eigenvalue weighted by atomic mass is 19.1. The van der Waals surface area contributed by atoms with Gasteiger partial charge in [-0.15, -0.1) is 0 Å². The SMILES string of the molecule is CC(=O)c1ccc(N2CCN(C(=O)c3cc([N+](=O)[O-])ccc3NC(C)(C)C)CC2)c(F)c1. The van der Waals surface area contributed by atoms with Crippen LogP contribution in [0.2, 0.25) is 0 Å². The number of carbonyl (C=O) groups excluding carboxylic acids is 2. The molecule has 0 saturated carbocycles. The Morgan fingerprint density at radius 3 is 2.25 bits per heavy atom. The van der Waals surface area contributed by atoms with Crippen LogP contribution in [-0.2, 0) is 0 Å². The van der Waals surface area contributed by atoms with Gasteiger partial charge in [-0.05, 0) is 52.0 Å². The molecule has 2 aromatic rings. The van der Waals surface area contributed by atoms with Gasteiger partial charge in [0, 0.05) is 55.1 Å². The Bertz CT molecular complexity index is 1060. The highest BCUT2D eigenvalue weighted by Gasteiger charge is 2.27. The second kappa shape index (κ2) is 8.94. The molecule has 1 saturated heterocycles. The monoisotopic (exact) mass is 442 g/mol. The van der Waals surface area contributed by atoms with Crippen molar-refractivity contribution in [2.24, 2.45) is 0 Å². The van der Waals surface area contributed by atoms with Gasteiger partial charge in [0.15, 0.2) is 5.78 Å². The molecule has 1 aliphatic rings. The summed E-state index contributed by atoms with van der Waals surface area (Å²) in [5.41, 5.74) is 0.963. The molecule has 0 aromatic heterocycles. The molecule has 170 valence electrons. The van der Waals surface area contributed by atoms with Crippen LogP contribution < -0.4 is 10.2 Å². The van der Waals surface area contributed by atoms with Crippen molar-refractivity contribution in [3.8, 4) is 0 Å². The standard InChI is InChI=1S/C23H27FN4O4/c1-15(29)16-5-8-21(19(24)13-16)26-9-11-27(12-10-26)22(30)18-14-17(28(31)32)6-7-20(18)25-23(2,3)4/h5-8,13-14,25H,9-12H2,1-4H3. The number of nitrogens with one attached hydrogen (secondary N) is 1. The van der Waals surface area contributed by atoms with Gasteiger partial charge < -0.3 is 15.1 Å². The van der Waals surface area contributed by atoms with Crippen molar-refractivity contribution in [1.29, 1.82) is 0 Å². The maximum atomic E-state index is 14.5. The quantitative estimate of drug-likeness (QED) is 0.425. The Morgan fingerprint density at radius 2 is 1.72 bits per heavy atom. The Hall–Kier alpha value is -3.49. The molecule has 9 heteroatoms. The molecule has 32 heavy (non-hydrogen) atoms. The summed E-state index contributed by atoms with van der Waals surface area (Å²) < 4.78 is 14.5. The Morgan fingerprint density at radius 1 is 1.06 bits per heavy atom. The lowest BCUT2D eigenvalue weighted by molar-refractivity contribution is -0.384. The first-order valence-electron chi connectivity index (χ1n) is 10.4. The molecule has 0 spiro atoms. The highest BCUT2D eigenvalue weighted by molar-refractivity contribution is 6.00. The number of non-ortho nitro benzene ring substituents is 1. The molecule has 0 aliphatic carbocycles. The molecular formula is C23H27FN4O4. The smallest absolute Gasteiger partial charge is 0.270 e. The zero-order valence-corrected chi connectivity index (χ0v) is 18.6. The summed E-state index contributed by atoms with van der Waals surface area (Å²) in [5.74, 6) is -0.997. The number of hydrogen-bond acceptors (Lipinski definition) is 6. The van der Waals surface area contributed by atoms with Gasteiger partial charge in [-0.25, -0.2) is 4.39 Å². The molecule has 0 bridgehead atoms. The number of halogens is 1. The van der Waals surface area contributed by atoms with E-state index in [0.29, 0.717) is 43.1 Å². The number of Topliss-reactive ketones (excluding diaryl/α,β-unsaturated/α-hetero) is 1. The third-order valence-electron chi connectivity index (χ3n) is 5.22. The number of nitrogens with zero attached hydrogens (tertiary/aromatic N) is 3. The zero-order valence-electron chi connectivity index (χ0n) is 18.6. The number of nitro groups is 1. The summed E-state index contributed by atoms with van der Waals surface area (Å²) in [6.07, 6.45) is 0. The molecule has 0 atom stereocenters. The van der Waals surface area contributed by atoms with Crippen LogP contribution in [-0.4, -0.2) is 53.2 Å². The van der Waals surface area contributed by atoms with Crippen LogP contribution in [0.1, 0.15) is 48.4 Å². The van der Waals surface area contributed by atoms with Gasteiger partial charge in [0.1, 0.15) is 5.82 Å². The summed E-state index contributed by atoms with van der Waals surface area (Å²) in [6, 6.07) is 8.61. The fraction of sp³-hybridized carbons (Fsp3) is 0.391. The normalized spacial score (nSPS) is 14.3. The van der Waals surface area contributed by atoms with E-state index in [-0.39, 0.29) is 28.5 Å². The van der Waals surface area contributed by atoms with Gasteiger partial charge in [-0.3, -0.25) is 19.7 Å². The molecule has 1 N–H and O–H groups in total. The second-order valence-electron chi connectivity index (χ2n) is 8.86. The lowest BCUT2D eigenvalue weighted by Crippen LogP contribution is -2.49. The van der Waals surface area contributed by atoms with Crippen molar-refractivity contribution in [2.75, 3.05) is 36.4 Å². The van der Waals surface area contributed by atoms with Crippen LogP contribution in [0, 0.1) is 15.9 Å². The number of ketones is 1. The molecule has 1 heterocycles. The lowest BCUT2D eigenvalue weighted by Gasteiger charge is -2.36. The Kier molecular flexibility index (Phi) is 6.47. The summed E-state index contributed by atoms with van der Waals surface area (Å²) in [5, 5.41) is 14.5. The summed E-state index contributed by atoms with van der Waals surface area (Å²) in [7, 11) is 0. The van der Waals surface area contributed by atoms with Crippen LogP contribution in [0.5, 0.6) is 0 Å². The minimum atomic E-state index is -0.525. The second-order valence-corrected chi connectivity index (χ2v) is 8.86. The number of hydrogen-bond donors (Lipinski definition) is 1. The van der Waals surface area contributed by atoms with E-state index in [9.17, 15) is 24.1 Å². The van der Waals surface area contributed by atoms with Crippen LogP contribution in [0.3, 0.4) is 0 Å². The van der Waals surface area contributed by atoms with Crippen molar-refractivity contribution in [3.05, 3.63) is 63.5 Å². The molecule has 8 nitrogen and oxygen atoms in total. The first-order valence-corrected chi connectivity index (χ1v) is 10.4. The van der Waals surface area contributed by atoms with Crippen molar-refractivity contribution in [2.45, 2.75) is 33.2 Å². The van der Waals surface area contributed by atoms with Crippen molar-refractivity contribution < 1.29 is 18.9 Å². The topological polar surface area (TPSA) is 95.8 Å². The average molecular weight is 442 g/mol. The molecule has 1 aliphatic heterocycles. The lowest BCUT2D eigenvalue weighted by atomic mass is 10.0. The van der Waals surface area contributed by atoms with Crippen LogP contribution in [0.15, 0.2) is 36.4 Å². The van der Waals surface area contributed by atoms with Gasteiger partial charge in [0.2, 0.25) is 0 Å². The molecule has 0 radical (unpaired) electrons. The molecule has 1 amide bonds. The van der Waals surface area contributed by atoms with E-state index in [0.717, 1.165) is 0 Å². The molecule has 0 unspecified atom stereocenters. The van der Waals surface area contributed by atoms with Crippen LogP contribution >= 0.6 is 0 Å². The highest BCUT2D eigenvalue weighted by Crippen LogP contribution is 2.28. The number of benzene rings is 2. The van der Waals surface area contributed by atoms with Crippen LogP contribution in [0.25, 0.3) is 0 Å². The largest absolute Gasteiger partial charge is 0.380 e. The van der Waals surface area contributed by atoms with Crippen LogP contribution in [0.4, 0.5) is 21.5 Å². The summed E-state index contributed by atoms with van der Waals surface area (Å²) in [4.78, 5) is 38.8. The third kappa shape index (κ3) is 5.22. The number of amides is 1. The van der Waals surface area contributed by atoms with Crippen molar-refractivity contribution in [3.63, 3.8) is 0 Å². The number of rotatable bonds is 5. The number of piperazine rings is 1. The Labute approximate surface area is 186 Å². The van der Waals surface area contributed by atoms with E-state index in [1.54, 1.807) is 23.1 Å². The van der Waals surface area contributed by atoms with E-state index < -0.39 is 10.7 Å². The predicted molar refractivity (Wildman–Crippen MR) is 121 cm³/mol. The fourth-order valence-electron chi connectivity index (χ4n) is 3.64. The zero-order chi connectivity index (χ0) is 23.6. The summed E-state index contributed by atoms with van der Waals surface area (Å²) >= 11 is 0. The number of nitro benzene ring substituents is 1. The van der Waals surface area contributed by atoms with Crippen molar-refractivity contribution in [1.82, 2.24) is 4.90 Å². The molecular weight excluding hydrogens is 415 g/mol. The maximum absolute atomic E-state index is 14.5. The van der Waals surface area contributed by atoms with Gasteiger partial charge in [0.25, 0.3) is 11.6 Å². The van der Waals surface area contributed by atoms with Crippen molar-refractivity contribution >= 4 is 28.8 Å². The predicted octanol–water partition coefficient (Wildman–Crippen LogP) is 4.11. The maximum Gasteiger partial charge on any atom is 0.270 e. The summed E-state index contributed by atoms with van der Waals surface area (Å²) in [6.45, 7) is 8.68. The van der Waals surface area contributed by atoms with E-state index in [1.165, 1.54) is 25.1 Å². The van der Waals surface area contributed by atoms with Gasteiger partial charge in [-0.1, -0.05) is 0 Å². The van der Waals surface area contributed by atoms with E-state index in [4.69, 9.17) is 0 Å². The van der Waals surface area contributed by atoms with Gasteiger partial charge in [-0.2, -0.15) is 0 Å². The number of carbonyl (C=O) groups is 2. The molecule has 2 aromatic carbocycles. The molecule has 3 rings (SSSR count). The fourth-order valence-corrected chi connectivity index (χ4v) is 3.64. The molecule has 1 fully saturated rings. The first-order chi connectivity index (χ1) is 15.0. The van der Waals surface area contributed by atoms with E-state index >= 15 is 0 Å². The number of anilines is 2. The van der Waals surface area contributed by atoms with Gasteiger partial charge in [0.05, 0.1) is 16.2 Å². The van der Waals surface area contributed by atoms with Gasteiger partial charge >= 0.3 is 0 Å².